The summed E-state index contributed by atoms with van der Waals surface area (Å²) in [5.41, 5.74) is 5.89. The Morgan fingerprint density at radius 1 is 1.21 bits per heavy atom. The van der Waals surface area contributed by atoms with Crippen molar-refractivity contribution in [1.82, 2.24) is 4.90 Å². The van der Waals surface area contributed by atoms with Gasteiger partial charge in [0.2, 0.25) is 0 Å². The van der Waals surface area contributed by atoms with E-state index in [0.29, 0.717) is 6.04 Å². The highest BCUT2D eigenvalue weighted by Crippen LogP contribution is 2.35. The molecule has 0 spiro atoms. The molecule has 0 bridgehead atoms. The number of nitrogens with two attached hydrogens (primary N) is 1. The summed E-state index contributed by atoms with van der Waals surface area (Å²) >= 11 is 0. The summed E-state index contributed by atoms with van der Waals surface area (Å²) in [4.78, 5) is 2.65. The molecule has 2 N–H and O–H groups in total. The largest absolute Gasteiger partial charge is 0.327 e. The second-order valence-electron chi connectivity index (χ2n) is 5.23. The van der Waals surface area contributed by atoms with Crippen LogP contribution in [0.25, 0.3) is 0 Å². The van der Waals surface area contributed by atoms with Gasteiger partial charge in [-0.3, -0.25) is 4.90 Å². The predicted octanol–water partition coefficient (Wildman–Crippen LogP) is 1.99. The van der Waals surface area contributed by atoms with Crippen LogP contribution < -0.4 is 5.73 Å². The van der Waals surface area contributed by atoms with Crippen LogP contribution in [0.4, 0.5) is 0 Å². The summed E-state index contributed by atoms with van der Waals surface area (Å²) in [7, 11) is 0. The van der Waals surface area contributed by atoms with E-state index in [1.165, 1.54) is 45.1 Å². The molecule has 0 aromatic heterocycles. The Labute approximate surface area is 87.8 Å². The minimum Gasteiger partial charge on any atom is -0.327 e. The zero-order valence-corrected chi connectivity index (χ0v) is 9.41. The molecule has 1 saturated heterocycles. The first-order valence-corrected chi connectivity index (χ1v) is 6.27. The van der Waals surface area contributed by atoms with Crippen molar-refractivity contribution >= 4 is 0 Å². The van der Waals surface area contributed by atoms with E-state index in [2.05, 4.69) is 11.8 Å². The first-order chi connectivity index (χ1) is 6.77. The minimum absolute atomic E-state index is 0.344. The summed E-state index contributed by atoms with van der Waals surface area (Å²) in [6, 6.07) is 1.22. The number of nitrogens with zero attached hydrogens (tertiary/aromatic N) is 1. The average Bonchev–Trinajstić information content (AvgIpc) is 2.70. The lowest BCUT2D eigenvalue weighted by Gasteiger charge is -2.30. The van der Waals surface area contributed by atoms with Crippen LogP contribution in [0.5, 0.6) is 0 Å². The molecule has 2 fully saturated rings. The first kappa shape index (κ1) is 10.4. The van der Waals surface area contributed by atoms with Gasteiger partial charge < -0.3 is 5.73 Å². The zero-order valence-electron chi connectivity index (χ0n) is 9.41. The van der Waals surface area contributed by atoms with E-state index in [-0.39, 0.29) is 0 Å². The Balaban J connectivity index is 1.89. The SMILES string of the molecule is CC(N)CN1CCCC1C1CCCC1. The lowest BCUT2D eigenvalue weighted by atomic mass is 9.96. The van der Waals surface area contributed by atoms with Crippen molar-refractivity contribution in [3.05, 3.63) is 0 Å². The van der Waals surface area contributed by atoms with Gasteiger partial charge in [-0.15, -0.1) is 0 Å². The van der Waals surface area contributed by atoms with Crippen LogP contribution in [-0.4, -0.2) is 30.1 Å². The molecule has 0 radical (unpaired) electrons. The maximum absolute atomic E-state index is 5.89. The van der Waals surface area contributed by atoms with Crippen LogP contribution in [0.2, 0.25) is 0 Å². The number of likely N-dealkylation sites (tertiary alicyclic amines) is 1. The van der Waals surface area contributed by atoms with Gasteiger partial charge in [-0.1, -0.05) is 12.8 Å². The van der Waals surface area contributed by atoms with E-state index in [1.807, 2.05) is 0 Å². The molecule has 82 valence electrons. The van der Waals surface area contributed by atoms with Crippen LogP contribution in [0.3, 0.4) is 0 Å². The molecule has 2 unspecified atom stereocenters. The Morgan fingerprint density at radius 2 is 1.93 bits per heavy atom. The fourth-order valence-corrected chi connectivity index (χ4v) is 3.32. The van der Waals surface area contributed by atoms with Crippen molar-refractivity contribution in [3.8, 4) is 0 Å². The molecule has 1 aliphatic heterocycles. The number of hydrogen-bond acceptors (Lipinski definition) is 2. The number of hydrogen-bond donors (Lipinski definition) is 1. The Kier molecular flexibility index (Phi) is 3.45. The molecular weight excluding hydrogens is 172 g/mol. The summed E-state index contributed by atoms with van der Waals surface area (Å²) in [5, 5.41) is 0. The van der Waals surface area contributed by atoms with Gasteiger partial charge in [0.15, 0.2) is 0 Å². The van der Waals surface area contributed by atoms with E-state index in [4.69, 9.17) is 5.73 Å². The minimum atomic E-state index is 0.344. The summed E-state index contributed by atoms with van der Waals surface area (Å²) in [6.45, 7) is 4.54. The zero-order chi connectivity index (χ0) is 9.97. The molecular formula is C12H24N2. The van der Waals surface area contributed by atoms with Gasteiger partial charge in [0, 0.05) is 18.6 Å². The van der Waals surface area contributed by atoms with Crippen molar-refractivity contribution in [3.63, 3.8) is 0 Å². The Bertz CT molecular complexity index is 173. The molecule has 2 nitrogen and oxygen atoms in total. The van der Waals surface area contributed by atoms with Crippen molar-refractivity contribution in [1.29, 1.82) is 0 Å². The van der Waals surface area contributed by atoms with Crippen molar-refractivity contribution in [2.45, 2.75) is 57.5 Å². The Hall–Kier alpha value is -0.0800. The smallest absolute Gasteiger partial charge is 0.0139 e. The molecule has 0 aromatic carbocycles. The summed E-state index contributed by atoms with van der Waals surface area (Å²) < 4.78 is 0. The third-order valence-electron chi connectivity index (χ3n) is 3.88. The van der Waals surface area contributed by atoms with Crippen LogP contribution >= 0.6 is 0 Å². The third-order valence-corrected chi connectivity index (χ3v) is 3.88. The second-order valence-corrected chi connectivity index (χ2v) is 5.23. The number of rotatable bonds is 3. The van der Waals surface area contributed by atoms with E-state index >= 15 is 0 Å². The van der Waals surface area contributed by atoms with Gasteiger partial charge in [0.1, 0.15) is 0 Å². The topological polar surface area (TPSA) is 29.3 Å². The monoisotopic (exact) mass is 196 g/mol. The van der Waals surface area contributed by atoms with Crippen molar-refractivity contribution in [2.24, 2.45) is 11.7 Å². The predicted molar refractivity (Wildman–Crippen MR) is 60.2 cm³/mol. The molecule has 1 aliphatic carbocycles. The average molecular weight is 196 g/mol. The van der Waals surface area contributed by atoms with Crippen molar-refractivity contribution in [2.75, 3.05) is 13.1 Å². The van der Waals surface area contributed by atoms with Gasteiger partial charge in [-0.05, 0) is 45.1 Å². The molecule has 2 rings (SSSR count). The van der Waals surface area contributed by atoms with Gasteiger partial charge >= 0.3 is 0 Å². The van der Waals surface area contributed by atoms with Crippen molar-refractivity contribution < 1.29 is 0 Å². The molecule has 0 aromatic rings. The third kappa shape index (κ3) is 2.29. The normalized spacial score (nSPS) is 32.6. The Morgan fingerprint density at radius 3 is 2.57 bits per heavy atom. The van der Waals surface area contributed by atoms with Gasteiger partial charge in [-0.25, -0.2) is 0 Å². The van der Waals surface area contributed by atoms with Crippen LogP contribution in [0.15, 0.2) is 0 Å². The molecule has 2 heteroatoms. The second kappa shape index (κ2) is 4.63. The van der Waals surface area contributed by atoms with E-state index in [0.717, 1.165) is 18.5 Å². The molecule has 14 heavy (non-hydrogen) atoms. The van der Waals surface area contributed by atoms with Gasteiger partial charge in [0.05, 0.1) is 0 Å². The molecule has 1 saturated carbocycles. The highest BCUT2D eigenvalue weighted by Gasteiger charge is 2.33. The van der Waals surface area contributed by atoms with E-state index in [1.54, 1.807) is 0 Å². The fourth-order valence-electron chi connectivity index (χ4n) is 3.32. The molecule has 1 heterocycles. The van der Waals surface area contributed by atoms with Gasteiger partial charge in [0.25, 0.3) is 0 Å². The van der Waals surface area contributed by atoms with Crippen LogP contribution in [-0.2, 0) is 0 Å². The van der Waals surface area contributed by atoms with E-state index < -0.39 is 0 Å². The maximum Gasteiger partial charge on any atom is 0.0139 e. The van der Waals surface area contributed by atoms with Crippen LogP contribution in [0, 0.1) is 5.92 Å². The van der Waals surface area contributed by atoms with Crippen LogP contribution in [0.1, 0.15) is 45.4 Å². The first-order valence-electron chi connectivity index (χ1n) is 6.27. The highest BCUT2D eigenvalue weighted by atomic mass is 15.2. The standard InChI is InChI=1S/C12H24N2/c1-10(13)9-14-8-4-7-12(14)11-5-2-3-6-11/h10-12H,2-9,13H2,1H3. The lowest BCUT2D eigenvalue weighted by molar-refractivity contribution is 0.183. The quantitative estimate of drug-likeness (QED) is 0.748. The maximum atomic E-state index is 5.89. The lowest BCUT2D eigenvalue weighted by Crippen LogP contribution is -2.41. The van der Waals surface area contributed by atoms with Gasteiger partial charge in [-0.2, -0.15) is 0 Å². The molecule has 0 amide bonds. The highest BCUT2D eigenvalue weighted by molar-refractivity contribution is 4.88. The summed E-state index contributed by atoms with van der Waals surface area (Å²) in [6.07, 6.45) is 8.70. The molecule has 2 atom stereocenters. The molecule has 2 aliphatic rings. The van der Waals surface area contributed by atoms with E-state index in [9.17, 15) is 0 Å². The fraction of sp³-hybridized carbons (Fsp3) is 1.00. The summed E-state index contributed by atoms with van der Waals surface area (Å²) in [5.74, 6) is 0.997.